The zero-order valence-electron chi connectivity index (χ0n) is 11.5. The van der Waals surface area contributed by atoms with E-state index in [0.717, 1.165) is 5.56 Å². The highest BCUT2D eigenvalue weighted by molar-refractivity contribution is 6.30. The van der Waals surface area contributed by atoms with Crippen LogP contribution in [0.4, 0.5) is 5.69 Å². The number of halogens is 1. The van der Waals surface area contributed by atoms with Gasteiger partial charge in [0.15, 0.2) is 0 Å². The molecule has 0 saturated carbocycles. The number of aromatic nitrogens is 1. The number of carbonyl (C=O) groups is 1. The minimum atomic E-state index is -0.384. The Bertz CT molecular complexity index is 603. The summed E-state index contributed by atoms with van der Waals surface area (Å²) in [5, 5.41) is 0.654. The van der Waals surface area contributed by atoms with Crippen molar-refractivity contribution in [3.05, 3.63) is 52.8 Å². The molecule has 1 aromatic heterocycles. The molecular formula is C15H17ClN2O2. The normalized spacial score (nSPS) is 10.8. The van der Waals surface area contributed by atoms with Crippen molar-refractivity contribution in [2.45, 2.75) is 26.5 Å². The molecule has 0 saturated heterocycles. The lowest BCUT2D eigenvalue weighted by Gasteiger charge is -2.12. The molecule has 2 rings (SSSR count). The fraction of sp³-hybridized carbons (Fsp3) is 0.267. The van der Waals surface area contributed by atoms with Crippen molar-refractivity contribution in [2.24, 2.45) is 0 Å². The summed E-state index contributed by atoms with van der Waals surface area (Å²) in [6.45, 7) is 4.17. The zero-order valence-corrected chi connectivity index (χ0v) is 12.2. The third-order valence-electron chi connectivity index (χ3n) is 2.92. The molecule has 2 N–H and O–H groups in total. The number of benzene rings is 1. The lowest BCUT2D eigenvalue weighted by molar-refractivity contribution is 0.0458. The van der Waals surface area contributed by atoms with Gasteiger partial charge in [-0.25, -0.2) is 4.79 Å². The number of nitrogens with two attached hydrogens (primary N) is 1. The van der Waals surface area contributed by atoms with Crippen molar-refractivity contribution in [1.29, 1.82) is 0 Å². The highest BCUT2D eigenvalue weighted by Gasteiger charge is 2.16. The van der Waals surface area contributed by atoms with Crippen molar-refractivity contribution in [1.82, 2.24) is 4.57 Å². The molecular weight excluding hydrogens is 276 g/mol. The summed E-state index contributed by atoms with van der Waals surface area (Å²) in [6.07, 6.45) is 1.74. The van der Waals surface area contributed by atoms with Gasteiger partial charge in [0.05, 0.1) is 5.69 Å². The minimum Gasteiger partial charge on any atom is -0.456 e. The van der Waals surface area contributed by atoms with E-state index in [9.17, 15) is 4.79 Å². The first-order valence-electron chi connectivity index (χ1n) is 6.36. The molecule has 106 valence electrons. The van der Waals surface area contributed by atoms with Crippen molar-refractivity contribution >= 4 is 23.3 Å². The van der Waals surface area contributed by atoms with E-state index in [1.807, 2.05) is 26.0 Å². The fourth-order valence-corrected chi connectivity index (χ4v) is 2.02. The number of nitrogens with zero attached hydrogens (tertiary/aromatic N) is 1. The van der Waals surface area contributed by atoms with Gasteiger partial charge in [-0.1, -0.05) is 23.7 Å². The van der Waals surface area contributed by atoms with Gasteiger partial charge in [-0.2, -0.15) is 0 Å². The number of anilines is 1. The van der Waals surface area contributed by atoms with Gasteiger partial charge in [0.25, 0.3) is 0 Å². The molecule has 0 amide bonds. The zero-order chi connectivity index (χ0) is 14.7. The van der Waals surface area contributed by atoms with Gasteiger partial charge in [-0.3, -0.25) is 0 Å². The number of rotatable bonds is 4. The summed E-state index contributed by atoms with van der Waals surface area (Å²) in [5.41, 5.74) is 7.64. The summed E-state index contributed by atoms with van der Waals surface area (Å²) in [7, 11) is 0. The Morgan fingerprint density at radius 1 is 1.35 bits per heavy atom. The molecule has 20 heavy (non-hydrogen) atoms. The maximum atomic E-state index is 12.1. The van der Waals surface area contributed by atoms with Crippen LogP contribution in [0.5, 0.6) is 0 Å². The second kappa shape index (κ2) is 6.01. The van der Waals surface area contributed by atoms with E-state index >= 15 is 0 Å². The molecule has 0 unspecified atom stereocenters. The van der Waals surface area contributed by atoms with E-state index in [-0.39, 0.29) is 18.6 Å². The van der Waals surface area contributed by atoms with E-state index < -0.39 is 0 Å². The van der Waals surface area contributed by atoms with E-state index in [1.165, 1.54) is 0 Å². The Balaban J connectivity index is 2.07. The van der Waals surface area contributed by atoms with Crippen LogP contribution in [0, 0.1) is 0 Å². The molecule has 0 atom stereocenters. The minimum absolute atomic E-state index is 0.144. The Morgan fingerprint density at radius 2 is 2.00 bits per heavy atom. The van der Waals surface area contributed by atoms with Crippen LogP contribution in [0.3, 0.4) is 0 Å². The molecule has 0 fully saturated rings. The van der Waals surface area contributed by atoms with Gasteiger partial charge in [0.2, 0.25) is 0 Å². The first-order valence-corrected chi connectivity index (χ1v) is 6.74. The van der Waals surface area contributed by atoms with E-state index in [2.05, 4.69) is 0 Å². The van der Waals surface area contributed by atoms with Crippen LogP contribution in [-0.2, 0) is 11.3 Å². The van der Waals surface area contributed by atoms with Crippen LogP contribution in [-0.4, -0.2) is 10.5 Å². The smallest absolute Gasteiger partial charge is 0.355 e. The number of carbonyl (C=O) groups excluding carboxylic acids is 1. The number of esters is 1. The van der Waals surface area contributed by atoms with Crippen LogP contribution >= 0.6 is 11.6 Å². The highest BCUT2D eigenvalue weighted by atomic mass is 35.5. The summed E-state index contributed by atoms with van der Waals surface area (Å²) in [5.74, 6) is -0.384. The van der Waals surface area contributed by atoms with Gasteiger partial charge in [0, 0.05) is 17.3 Å². The maximum absolute atomic E-state index is 12.1. The first kappa shape index (κ1) is 14.5. The lowest BCUT2D eigenvalue weighted by Crippen LogP contribution is -2.13. The average molecular weight is 293 g/mol. The predicted octanol–water partition coefficient (Wildman–Crippen LogP) is 3.66. The molecule has 0 aliphatic carbocycles. The predicted molar refractivity (Wildman–Crippen MR) is 79.8 cm³/mol. The second-order valence-electron chi connectivity index (χ2n) is 4.86. The van der Waals surface area contributed by atoms with Crippen LogP contribution in [0.15, 0.2) is 36.5 Å². The maximum Gasteiger partial charge on any atom is 0.355 e. The number of nitrogen functional groups attached to an aromatic ring is 1. The molecule has 1 heterocycles. The molecule has 0 bridgehead atoms. The Labute approximate surface area is 123 Å². The van der Waals surface area contributed by atoms with Crippen LogP contribution in [0.2, 0.25) is 5.02 Å². The molecule has 4 nitrogen and oxygen atoms in total. The number of hydrogen-bond acceptors (Lipinski definition) is 3. The summed E-state index contributed by atoms with van der Waals surface area (Å²) >= 11 is 5.80. The molecule has 2 aromatic rings. The quantitative estimate of drug-likeness (QED) is 0.875. The average Bonchev–Trinajstić information content (AvgIpc) is 2.80. The molecule has 0 aliphatic rings. The molecule has 0 aliphatic heterocycles. The third kappa shape index (κ3) is 3.33. The number of hydrogen-bond donors (Lipinski definition) is 1. The molecule has 0 spiro atoms. The molecule has 5 heteroatoms. The fourth-order valence-electron chi connectivity index (χ4n) is 1.89. The second-order valence-corrected chi connectivity index (χ2v) is 5.30. The summed E-state index contributed by atoms with van der Waals surface area (Å²) in [6, 6.07) is 8.95. The Kier molecular flexibility index (Phi) is 4.35. The van der Waals surface area contributed by atoms with Crippen molar-refractivity contribution < 1.29 is 9.53 Å². The lowest BCUT2D eigenvalue weighted by atomic mass is 10.2. The van der Waals surface area contributed by atoms with E-state index in [1.54, 1.807) is 29.0 Å². The van der Waals surface area contributed by atoms with Crippen LogP contribution in [0.25, 0.3) is 0 Å². The third-order valence-corrected chi connectivity index (χ3v) is 3.17. The SMILES string of the molecule is CC(C)n1cc(N)cc1C(=O)OCc1ccc(Cl)cc1. The van der Waals surface area contributed by atoms with Crippen LogP contribution in [0.1, 0.15) is 35.9 Å². The monoisotopic (exact) mass is 292 g/mol. The number of ether oxygens (including phenoxy) is 1. The van der Waals surface area contributed by atoms with Crippen molar-refractivity contribution in [3.8, 4) is 0 Å². The molecule has 0 radical (unpaired) electrons. The van der Waals surface area contributed by atoms with Gasteiger partial charge >= 0.3 is 5.97 Å². The van der Waals surface area contributed by atoms with Gasteiger partial charge < -0.3 is 15.0 Å². The van der Waals surface area contributed by atoms with E-state index in [0.29, 0.717) is 16.4 Å². The van der Waals surface area contributed by atoms with Gasteiger partial charge in [0.1, 0.15) is 12.3 Å². The highest BCUT2D eigenvalue weighted by Crippen LogP contribution is 2.18. The Hall–Kier alpha value is -1.94. The van der Waals surface area contributed by atoms with Gasteiger partial charge in [-0.15, -0.1) is 0 Å². The first-order chi connectivity index (χ1) is 9.47. The molecule has 1 aromatic carbocycles. The van der Waals surface area contributed by atoms with E-state index in [4.69, 9.17) is 22.1 Å². The van der Waals surface area contributed by atoms with Crippen molar-refractivity contribution in [3.63, 3.8) is 0 Å². The summed E-state index contributed by atoms with van der Waals surface area (Å²) < 4.78 is 7.10. The van der Waals surface area contributed by atoms with Crippen LogP contribution < -0.4 is 5.73 Å². The largest absolute Gasteiger partial charge is 0.456 e. The summed E-state index contributed by atoms with van der Waals surface area (Å²) in [4.78, 5) is 12.1. The van der Waals surface area contributed by atoms with Gasteiger partial charge in [-0.05, 0) is 37.6 Å². The van der Waals surface area contributed by atoms with Crippen molar-refractivity contribution in [2.75, 3.05) is 5.73 Å². The standard InChI is InChI=1S/C15H17ClN2O2/c1-10(2)18-8-13(17)7-14(18)15(19)20-9-11-3-5-12(16)6-4-11/h3-8,10H,9,17H2,1-2H3. The topological polar surface area (TPSA) is 57.2 Å². The Morgan fingerprint density at radius 3 is 2.60 bits per heavy atom.